The van der Waals surface area contributed by atoms with Gasteiger partial charge in [0.25, 0.3) is 0 Å². The van der Waals surface area contributed by atoms with Crippen LogP contribution in [0.25, 0.3) is 10.9 Å². The molecule has 0 aliphatic heterocycles. The quantitative estimate of drug-likeness (QED) is 0.403. The molecule has 0 saturated heterocycles. The van der Waals surface area contributed by atoms with Crippen molar-refractivity contribution in [2.24, 2.45) is 0 Å². The molecule has 0 spiro atoms. The topological polar surface area (TPSA) is 125 Å². The van der Waals surface area contributed by atoms with Gasteiger partial charge in [0.05, 0.1) is 23.9 Å². The van der Waals surface area contributed by atoms with Crippen LogP contribution >= 0.6 is 0 Å². The lowest BCUT2D eigenvalue weighted by atomic mass is 10.0. The van der Waals surface area contributed by atoms with E-state index in [1.807, 2.05) is 56.3 Å². The summed E-state index contributed by atoms with van der Waals surface area (Å²) in [4.78, 5) is 30.1. The minimum Gasteiger partial charge on any atom is -0.495 e. The smallest absolute Gasteiger partial charge is 0.339 e. The van der Waals surface area contributed by atoms with Crippen LogP contribution in [0.2, 0.25) is 0 Å². The third kappa shape index (κ3) is 4.98. The van der Waals surface area contributed by atoms with E-state index in [-0.39, 0.29) is 30.2 Å². The van der Waals surface area contributed by atoms with Crippen LogP contribution in [0.5, 0.6) is 5.75 Å². The van der Waals surface area contributed by atoms with Crippen molar-refractivity contribution in [1.82, 2.24) is 19.9 Å². The Morgan fingerprint density at radius 3 is 2.58 bits per heavy atom. The van der Waals surface area contributed by atoms with E-state index in [0.717, 1.165) is 16.6 Å². The average molecular weight is 444 g/mol. The van der Waals surface area contributed by atoms with Gasteiger partial charge in [-0.25, -0.2) is 4.79 Å². The average Bonchev–Trinajstić information content (AvgIpc) is 2.81. The second-order valence-electron chi connectivity index (χ2n) is 7.60. The summed E-state index contributed by atoms with van der Waals surface area (Å²) in [7, 11) is 1.57. The number of anilines is 3. The maximum absolute atomic E-state index is 13.0. The number of fused-ring (bicyclic) bond motifs is 1. The van der Waals surface area contributed by atoms with Crippen LogP contribution in [0.3, 0.4) is 0 Å². The number of carbonyl (C=O) groups excluding carboxylic acids is 1. The fourth-order valence-electron chi connectivity index (χ4n) is 3.30. The maximum atomic E-state index is 13.0. The van der Waals surface area contributed by atoms with Crippen molar-refractivity contribution in [2.75, 3.05) is 18.2 Å². The summed E-state index contributed by atoms with van der Waals surface area (Å²) in [5.74, 6) is 0.729. The summed E-state index contributed by atoms with van der Waals surface area (Å²) >= 11 is 0. The van der Waals surface area contributed by atoms with Crippen molar-refractivity contribution >= 4 is 34.5 Å². The largest absolute Gasteiger partial charge is 0.495 e. The first-order chi connectivity index (χ1) is 15.9. The van der Waals surface area contributed by atoms with Gasteiger partial charge in [-0.05, 0) is 30.2 Å². The van der Waals surface area contributed by atoms with Crippen molar-refractivity contribution < 1.29 is 14.3 Å². The molecule has 0 saturated carbocycles. The SMILES string of the molecule is COc1ccccc1Nc1nc(N)nc(COC(=O)c2cc(C(C)C)nc3ccccc23)n1. The van der Waals surface area contributed by atoms with Gasteiger partial charge in [-0.1, -0.05) is 44.2 Å². The number of aromatic nitrogens is 4. The number of para-hydroxylation sites is 3. The number of nitrogens with zero attached hydrogens (tertiary/aromatic N) is 4. The number of pyridine rings is 1. The number of hydrogen-bond donors (Lipinski definition) is 2. The summed E-state index contributed by atoms with van der Waals surface area (Å²) in [5.41, 5.74) is 8.51. The molecule has 2 heterocycles. The summed E-state index contributed by atoms with van der Waals surface area (Å²) in [6.45, 7) is 3.88. The van der Waals surface area contributed by atoms with Crippen molar-refractivity contribution in [3.8, 4) is 5.75 Å². The van der Waals surface area contributed by atoms with Crippen molar-refractivity contribution in [3.63, 3.8) is 0 Å². The summed E-state index contributed by atoms with van der Waals surface area (Å²) in [6.07, 6.45) is 0. The minimum absolute atomic E-state index is 0.00454. The number of nitrogens with two attached hydrogens (primary N) is 1. The first-order valence-electron chi connectivity index (χ1n) is 10.4. The zero-order valence-corrected chi connectivity index (χ0v) is 18.6. The Kier molecular flexibility index (Phi) is 6.30. The highest BCUT2D eigenvalue weighted by Crippen LogP contribution is 2.26. The molecule has 9 heteroatoms. The molecule has 0 aliphatic rings. The molecule has 168 valence electrons. The van der Waals surface area contributed by atoms with E-state index in [2.05, 4.69) is 25.3 Å². The van der Waals surface area contributed by atoms with Crippen LogP contribution in [0.15, 0.2) is 54.6 Å². The third-order valence-electron chi connectivity index (χ3n) is 4.93. The van der Waals surface area contributed by atoms with Crippen molar-refractivity contribution in [2.45, 2.75) is 26.4 Å². The highest BCUT2D eigenvalue weighted by molar-refractivity contribution is 6.03. The molecule has 2 aromatic carbocycles. The van der Waals surface area contributed by atoms with Gasteiger partial charge in [0.1, 0.15) is 5.75 Å². The molecule has 0 amide bonds. The molecule has 2 aromatic heterocycles. The van der Waals surface area contributed by atoms with Crippen LogP contribution in [0.4, 0.5) is 17.6 Å². The van der Waals surface area contributed by atoms with E-state index in [9.17, 15) is 4.79 Å². The van der Waals surface area contributed by atoms with E-state index >= 15 is 0 Å². The second kappa shape index (κ2) is 9.47. The van der Waals surface area contributed by atoms with Crippen LogP contribution in [0.1, 0.15) is 41.6 Å². The predicted octanol–water partition coefficient (Wildman–Crippen LogP) is 4.23. The molecule has 33 heavy (non-hydrogen) atoms. The van der Waals surface area contributed by atoms with Gasteiger partial charge >= 0.3 is 5.97 Å². The normalized spacial score (nSPS) is 10.9. The van der Waals surface area contributed by atoms with E-state index in [1.54, 1.807) is 19.2 Å². The molecular weight excluding hydrogens is 420 g/mol. The Bertz CT molecular complexity index is 1310. The van der Waals surface area contributed by atoms with Gasteiger partial charge in [-0.3, -0.25) is 4.98 Å². The summed E-state index contributed by atoms with van der Waals surface area (Å²) in [5, 5.41) is 3.77. The predicted molar refractivity (Wildman–Crippen MR) is 125 cm³/mol. The minimum atomic E-state index is -0.492. The molecule has 9 nitrogen and oxygen atoms in total. The zero-order chi connectivity index (χ0) is 23.4. The lowest BCUT2D eigenvalue weighted by molar-refractivity contribution is 0.0464. The molecule has 0 unspecified atom stereocenters. The molecule has 0 bridgehead atoms. The van der Waals surface area contributed by atoms with Crippen LogP contribution in [0, 0.1) is 0 Å². The Morgan fingerprint density at radius 1 is 1.03 bits per heavy atom. The summed E-state index contributed by atoms with van der Waals surface area (Å²) < 4.78 is 10.9. The third-order valence-corrected chi connectivity index (χ3v) is 4.93. The van der Waals surface area contributed by atoms with Crippen molar-refractivity contribution in [3.05, 3.63) is 71.7 Å². The first-order valence-corrected chi connectivity index (χ1v) is 10.4. The molecule has 3 N–H and O–H groups in total. The van der Waals surface area contributed by atoms with Gasteiger partial charge in [-0.15, -0.1) is 0 Å². The first kappa shape index (κ1) is 21.9. The molecule has 0 atom stereocenters. The monoisotopic (exact) mass is 444 g/mol. The lowest BCUT2D eigenvalue weighted by Crippen LogP contribution is -2.12. The molecule has 0 fully saturated rings. The summed E-state index contributed by atoms with van der Waals surface area (Å²) in [6, 6.07) is 16.6. The van der Waals surface area contributed by atoms with E-state index in [1.165, 1.54) is 0 Å². The van der Waals surface area contributed by atoms with Crippen LogP contribution < -0.4 is 15.8 Å². The van der Waals surface area contributed by atoms with Gasteiger partial charge in [-0.2, -0.15) is 15.0 Å². The lowest BCUT2D eigenvalue weighted by Gasteiger charge is -2.12. The van der Waals surface area contributed by atoms with Gasteiger partial charge in [0, 0.05) is 11.1 Å². The number of benzene rings is 2. The maximum Gasteiger partial charge on any atom is 0.339 e. The highest BCUT2D eigenvalue weighted by atomic mass is 16.5. The second-order valence-corrected chi connectivity index (χ2v) is 7.60. The molecule has 0 radical (unpaired) electrons. The number of esters is 1. The highest BCUT2D eigenvalue weighted by Gasteiger charge is 2.17. The molecule has 4 aromatic rings. The van der Waals surface area contributed by atoms with Crippen LogP contribution in [-0.2, 0) is 11.3 Å². The van der Waals surface area contributed by atoms with Crippen molar-refractivity contribution in [1.29, 1.82) is 0 Å². The number of ether oxygens (including phenoxy) is 2. The van der Waals surface area contributed by atoms with E-state index in [0.29, 0.717) is 17.0 Å². The van der Waals surface area contributed by atoms with Gasteiger partial charge in [0.15, 0.2) is 12.4 Å². The van der Waals surface area contributed by atoms with E-state index < -0.39 is 5.97 Å². The molecule has 0 aliphatic carbocycles. The molecular formula is C24H24N6O3. The Morgan fingerprint density at radius 2 is 1.79 bits per heavy atom. The number of hydrogen-bond acceptors (Lipinski definition) is 9. The van der Waals surface area contributed by atoms with E-state index in [4.69, 9.17) is 15.2 Å². The zero-order valence-electron chi connectivity index (χ0n) is 18.6. The Balaban J connectivity index is 1.56. The number of carbonyl (C=O) groups is 1. The fourth-order valence-corrected chi connectivity index (χ4v) is 3.30. The standard InChI is InChI=1S/C24H24N6O3/c1-14(2)19-12-16(15-8-4-5-9-17(15)26-19)22(31)33-13-21-28-23(25)30-24(29-21)27-18-10-6-7-11-20(18)32-3/h4-12,14H,13H2,1-3H3,(H3,25,27,28,29,30). The Labute approximate surface area is 191 Å². The van der Waals surface area contributed by atoms with Gasteiger partial charge < -0.3 is 20.5 Å². The van der Waals surface area contributed by atoms with Crippen LogP contribution in [-0.4, -0.2) is 33.0 Å². The fraction of sp³-hybridized carbons (Fsp3) is 0.208. The number of nitrogen functional groups attached to an aromatic ring is 1. The number of methoxy groups -OCH3 is 1. The number of rotatable bonds is 7. The molecule has 4 rings (SSSR count). The Hall–Kier alpha value is -4.27. The number of nitrogens with one attached hydrogen (secondary N) is 1. The van der Waals surface area contributed by atoms with Gasteiger partial charge in [0.2, 0.25) is 11.9 Å².